The van der Waals surface area contributed by atoms with Crippen molar-refractivity contribution in [3.05, 3.63) is 0 Å². The average molecular weight is 930 g/mol. The lowest BCUT2D eigenvalue weighted by molar-refractivity contribution is -0.929. The van der Waals surface area contributed by atoms with Gasteiger partial charge in [-0.25, -0.2) is 0 Å². The molecule has 0 saturated carbocycles. The van der Waals surface area contributed by atoms with Gasteiger partial charge in [0.1, 0.15) is 5.97 Å². The first kappa shape index (κ1) is 61.3. The van der Waals surface area contributed by atoms with Gasteiger partial charge in [0.2, 0.25) is 0 Å². The van der Waals surface area contributed by atoms with Crippen molar-refractivity contribution in [3.8, 4) is 0 Å². The molecule has 0 radical (unpaired) electrons. The Morgan fingerprint density at radius 3 is 0.738 bits per heavy atom. The van der Waals surface area contributed by atoms with E-state index in [4.69, 9.17) is 0 Å². The zero-order valence-corrected chi connectivity index (χ0v) is 36.0. The van der Waals surface area contributed by atoms with Crippen LogP contribution in [0, 0.1) is 0 Å². The third-order valence-electron chi connectivity index (χ3n) is 10.9. The summed E-state index contributed by atoms with van der Waals surface area (Å²) in [7, 11) is 0. The average Bonchev–Trinajstić information content (AvgIpc) is 3.16. The molecule has 0 saturated heterocycles. The summed E-state index contributed by atoms with van der Waals surface area (Å²) in [5.74, 6) is -63.5. The lowest BCUT2D eigenvalue weighted by atomic mass is 9.89. The molecule has 0 spiro atoms. The van der Waals surface area contributed by atoms with Crippen LogP contribution in [0.25, 0.3) is 0 Å². The number of hydrogen-bond acceptors (Lipinski definition) is 2. The van der Waals surface area contributed by atoms with Crippen LogP contribution in [0.2, 0.25) is 0 Å². The molecule has 0 aliphatic rings. The van der Waals surface area contributed by atoms with E-state index in [0.29, 0.717) is 0 Å². The molecular formula is C41H68F17NO2. The van der Waals surface area contributed by atoms with Crippen molar-refractivity contribution in [2.24, 2.45) is 0 Å². The summed E-state index contributed by atoms with van der Waals surface area (Å²) in [5, 5.41) is 9.65. The zero-order valence-electron chi connectivity index (χ0n) is 36.0. The fourth-order valence-electron chi connectivity index (χ4n) is 6.87. The molecule has 0 bridgehead atoms. The van der Waals surface area contributed by atoms with Crippen LogP contribution in [0.5, 0.6) is 0 Å². The van der Waals surface area contributed by atoms with Crippen molar-refractivity contribution in [2.75, 3.05) is 26.2 Å². The highest BCUT2D eigenvalue weighted by Crippen LogP contribution is 2.63. The minimum absolute atomic E-state index is 1.37. The van der Waals surface area contributed by atoms with Crippen LogP contribution in [0.3, 0.4) is 0 Å². The molecule has 0 aromatic carbocycles. The molecule has 0 aromatic heterocycles. The number of rotatable bonds is 35. The van der Waals surface area contributed by atoms with Gasteiger partial charge in [-0.1, -0.05) is 130 Å². The Morgan fingerprint density at radius 1 is 0.328 bits per heavy atom. The third kappa shape index (κ3) is 17.3. The number of hydrogen-bond donors (Lipinski definition) is 0. The predicted octanol–water partition coefficient (Wildman–Crippen LogP) is 15.0. The van der Waals surface area contributed by atoms with E-state index in [1.165, 1.54) is 185 Å². The summed E-state index contributed by atoms with van der Waals surface area (Å²) in [5.41, 5.74) is 0. The summed E-state index contributed by atoms with van der Waals surface area (Å²) in [6.07, 6.45) is 26.9. The maximum atomic E-state index is 13.0. The summed E-state index contributed by atoms with van der Waals surface area (Å²) in [4.78, 5) is 9.65. The zero-order chi connectivity index (χ0) is 47.9. The largest absolute Gasteiger partial charge is 0.544 e. The summed E-state index contributed by atoms with van der Waals surface area (Å²) in [6.45, 7) is 15.3. The van der Waals surface area contributed by atoms with Crippen molar-refractivity contribution in [1.82, 2.24) is 0 Å². The number of carbonyl (C=O) groups excluding carboxylic acids is 1. The van der Waals surface area contributed by atoms with Gasteiger partial charge in [0.05, 0.1) is 26.2 Å². The van der Waals surface area contributed by atoms with Crippen molar-refractivity contribution in [2.45, 2.75) is 229 Å². The Hall–Kier alpha value is -1.76. The van der Waals surface area contributed by atoms with E-state index in [-0.39, 0.29) is 0 Å². The monoisotopic (exact) mass is 929 g/mol. The topological polar surface area (TPSA) is 40.1 Å². The first-order valence-corrected chi connectivity index (χ1v) is 21.7. The standard InChI is InChI=1S/C32H68N.C9HF17O2/c1-5-9-13-17-21-25-29-33(30-26-22-18-14-10-6-2,31-27-23-19-15-11-7-3)32-28-24-20-16-12-8-4;10-2(11,1(27)28)3(12,13)4(14,15)5(16,17)6(18,19)7(20,21)8(22,23)9(24,25)26/h5-32H2,1-4H3;(H,27,28)/q+1;/p-1. The molecule has 0 heterocycles. The predicted molar refractivity (Wildman–Crippen MR) is 199 cm³/mol. The fourth-order valence-corrected chi connectivity index (χ4v) is 6.87. The first-order chi connectivity index (χ1) is 27.9. The molecule has 61 heavy (non-hydrogen) atoms. The fraction of sp³-hybridized carbons (Fsp3) is 0.976. The number of unbranched alkanes of at least 4 members (excludes halogenated alkanes) is 20. The van der Waals surface area contributed by atoms with E-state index in [1.54, 1.807) is 0 Å². The van der Waals surface area contributed by atoms with Gasteiger partial charge in [-0.05, 0) is 51.4 Å². The second-order valence-electron chi connectivity index (χ2n) is 16.1. The van der Waals surface area contributed by atoms with Crippen LogP contribution in [0.15, 0.2) is 0 Å². The van der Waals surface area contributed by atoms with E-state index in [2.05, 4.69) is 27.7 Å². The van der Waals surface area contributed by atoms with Gasteiger partial charge in [0.15, 0.2) is 0 Å². The molecule has 0 atom stereocenters. The second-order valence-corrected chi connectivity index (χ2v) is 16.1. The molecule has 0 amide bonds. The molecule has 0 aromatic rings. The van der Waals surface area contributed by atoms with Crippen LogP contribution in [0.4, 0.5) is 74.6 Å². The van der Waals surface area contributed by atoms with Crippen LogP contribution in [-0.4, -0.2) is 84.3 Å². The second kappa shape index (κ2) is 27.5. The third-order valence-corrected chi connectivity index (χ3v) is 10.9. The van der Waals surface area contributed by atoms with Crippen LogP contribution in [-0.2, 0) is 4.79 Å². The Kier molecular flexibility index (Phi) is 27.7. The Bertz CT molecular complexity index is 1090. The number of quaternary nitrogens is 1. The van der Waals surface area contributed by atoms with Crippen LogP contribution >= 0.6 is 0 Å². The smallest absolute Gasteiger partial charge is 0.460 e. The van der Waals surface area contributed by atoms with Crippen molar-refractivity contribution in [3.63, 3.8) is 0 Å². The van der Waals surface area contributed by atoms with Crippen molar-refractivity contribution >= 4 is 5.97 Å². The van der Waals surface area contributed by atoms with Crippen LogP contribution in [0.1, 0.15) is 182 Å². The highest BCUT2D eigenvalue weighted by Gasteiger charge is 2.95. The van der Waals surface area contributed by atoms with E-state index < -0.39 is 53.6 Å². The lowest BCUT2D eigenvalue weighted by Crippen LogP contribution is -2.75. The van der Waals surface area contributed by atoms with Crippen molar-refractivity contribution in [1.29, 1.82) is 0 Å². The number of halogens is 17. The van der Waals surface area contributed by atoms with E-state index >= 15 is 0 Å². The lowest BCUT2D eigenvalue weighted by Gasteiger charge is -2.42. The molecule has 0 rings (SSSR count). The van der Waals surface area contributed by atoms with Gasteiger partial charge in [-0.15, -0.1) is 0 Å². The molecule has 3 nitrogen and oxygen atoms in total. The van der Waals surface area contributed by atoms with E-state index in [0.717, 1.165) is 0 Å². The normalized spacial score (nSPS) is 14.0. The molecule has 368 valence electrons. The maximum Gasteiger partial charge on any atom is 0.460 e. The number of alkyl halides is 17. The summed E-state index contributed by atoms with van der Waals surface area (Å²) in [6, 6.07) is 0. The van der Waals surface area contributed by atoms with Gasteiger partial charge in [-0.3, -0.25) is 0 Å². The van der Waals surface area contributed by atoms with Gasteiger partial charge < -0.3 is 14.4 Å². The number of aliphatic carboxylic acids is 1. The molecular weight excluding hydrogens is 861 g/mol. The van der Waals surface area contributed by atoms with Gasteiger partial charge in [-0.2, -0.15) is 74.6 Å². The van der Waals surface area contributed by atoms with E-state index in [1.807, 2.05) is 0 Å². The minimum atomic E-state index is -8.79. The number of carbonyl (C=O) groups is 1. The molecule has 0 unspecified atom stereocenters. The SMILES string of the molecule is CCCCCCCC[N+](CCCCCCCC)(CCCCCCCC)CCCCCCCC.O=C([O-])C(F)(F)C(F)(F)C(F)(F)C(F)(F)C(F)(F)C(F)(F)C(F)(F)C(F)(F)F. The highest BCUT2D eigenvalue weighted by molar-refractivity contribution is 5.75. The summed E-state index contributed by atoms with van der Waals surface area (Å²) >= 11 is 0. The minimum Gasteiger partial charge on any atom is -0.544 e. The van der Waals surface area contributed by atoms with Gasteiger partial charge in [0, 0.05) is 0 Å². The first-order valence-electron chi connectivity index (χ1n) is 21.7. The molecule has 0 N–H and O–H groups in total. The van der Waals surface area contributed by atoms with Crippen molar-refractivity contribution < 1.29 is 89.0 Å². The maximum absolute atomic E-state index is 13.0. The molecule has 0 aliphatic carbocycles. The van der Waals surface area contributed by atoms with Crippen LogP contribution < -0.4 is 5.11 Å². The number of nitrogens with zero attached hydrogens (tertiary/aromatic N) is 1. The molecule has 0 aliphatic heterocycles. The Morgan fingerprint density at radius 2 is 0.525 bits per heavy atom. The molecule has 0 fully saturated rings. The Labute approximate surface area is 350 Å². The van der Waals surface area contributed by atoms with E-state index in [9.17, 15) is 84.5 Å². The number of carboxylic acid groups (broad SMARTS) is 1. The number of carboxylic acids is 1. The van der Waals surface area contributed by atoms with Gasteiger partial charge >= 0.3 is 47.6 Å². The molecule has 20 heteroatoms. The highest BCUT2D eigenvalue weighted by atomic mass is 19.4. The Balaban J connectivity index is 0. The summed E-state index contributed by atoms with van der Waals surface area (Å²) < 4.78 is 215. The van der Waals surface area contributed by atoms with Gasteiger partial charge in [0.25, 0.3) is 0 Å². The quantitative estimate of drug-likeness (QED) is 0.0361.